The van der Waals surface area contributed by atoms with Crippen LogP contribution in [0.5, 0.6) is 0 Å². The molecule has 138 valence electrons. The Hall–Kier alpha value is -2.63. The lowest BCUT2D eigenvalue weighted by Gasteiger charge is -2.36. The van der Waals surface area contributed by atoms with E-state index in [2.05, 4.69) is 5.32 Å². The molecule has 3 rings (SSSR count). The Morgan fingerprint density at radius 1 is 1.23 bits per heavy atom. The summed E-state index contributed by atoms with van der Waals surface area (Å²) in [5.74, 6) is -0.896. The number of furan rings is 1. The molecule has 0 unspecified atom stereocenters. The van der Waals surface area contributed by atoms with E-state index in [4.69, 9.17) is 9.52 Å². The van der Waals surface area contributed by atoms with Gasteiger partial charge in [0.2, 0.25) is 5.91 Å². The molecule has 1 aromatic carbocycles. The fourth-order valence-corrected chi connectivity index (χ4v) is 3.77. The minimum Gasteiger partial charge on any atom is -0.478 e. The van der Waals surface area contributed by atoms with E-state index in [1.807, 2.05) is 0 Å². The number of aryl methyl sites for hydroxylation is 1. The molecule has 1 saturated carbocycles. The number of carboxylic acids is 1. The Labute approximate surface area is 151 Å². The third kappa shape index (κ3) is 3.49. The Morgan fingerprint density at radius 2 is 1.96 bits per heavy atom. The average Bonchev–Trinajstić information content (AvgIpc) is 3.01. The molecule has 0 saturated heterocycles. The molecule has 0 atom stereocenters. The van der Waals surface area contributed by atoms with Gasteiger partial charge in [0.05, 0.1) is 12.0 Å². The predicted molar refractivity (Wildman–Crippen MR) is 93.4 cm³/mol. The van der Waals surface area contributed by atoms with Gasteiger partial charge in [-0.3, -0.25) is 4.79 Å². The fraction of sp³-hybridized carbons (Fsp3) is 0.400. The number of carbonyl (C=O) groups is 2. The number of amides is 1. The molecule has 26 heavy (non-hydrogen) atoms. The number of carboxylic acid groups (broad SMARTS) is 1. The van der Waals surface area contributed by atoms with E-state index in [0.717, 1.165) is 19.3 Å². The molecular formula is C20H22FNO4. The highest BCUT2D eigenvalue weighted by Gasteiger charge is 2.41. The van der Waals surface area contributed by atoms with Crippen molar-refractivity contribution in [1.29, 1.82) is 0 Å². The molecule has 1 aliphatic carbocycles. The highest BCUT2D eigenvalue weighted by Crippen LogP contribution is 2.40. The van der Waals surface area contributed by atoms with Crippen LogP contribution >= 0.6 is 0 Å². The number of carbonyl (C=O) groups excluding carboxylic acids is 1. The van der Waals surface area contributed by atoms with Crippen LogP contribution in [0.15, 0.2) is 34.7 Å². The van der Waals surface area contributed by atoms with E-state index in [9.17, 15) is 14.0 Å². The van der Waals surface area contributed by atoms with Crippen molar-refractivity contribution in [3.63, 3.8) is 0 Å². The summed E-state index contributed by atoms with van der Waals surface area (Å²) < 4.78 is 19.1. The summed E-state index contributed by atoms with van der Waals surface area (Å²) in [5.41, 5.74) is 0.0285. The zero-order valence-corrected chi connectivity index (χ0v) is 14.7. The van der Waals surface area contributed by atoms with Gasteiger partial charge in [0.15, 0.2) is 0 Å². The molecule has 2 N–H and O–H groups in total. The summed E-state index contributed by atoms with van der Waals surface area (Å²) in [6.45, 7) is 1.67. The Balaban J connectivity index is 1.80. The second-order valence-electron chi connectivity index (χ2n) is 6.82. The quantitative estimate of drug-likeness (QED) is 0.847. The van der Waals surface area contributed by atoms with Crippen LogP contribution in [0, 0.1) is 12.7 Å². The van der Waals surface area contributed by atoms with Gasteiger partial charge < -0.3 is 14.8 Å². The first kappa shape index (κ1) is 18.2. The summed E-state index contributed by atoms with van der Waals surface area (Å²) in [7, 11) is 0. The third-order valence-corrected chi connectivity index (χ3v) is 5.14. The van der Waals surface area contributed by atoms with Gasteiger partial charge in [0.25, 0.3) is 0 Å². The molecule has 0 aliphatic heterocycles. The van der Waals surface area contributed by atoms with Crippen molar-refractivity contribution in [2.45, 2.75) is 51.0 Å². The zero-order valence-electron chi connectivity index (χ0n) is 14.7. The number of hydrogen-bond donors (Lipinski definition) is 2. The van der Waals surface area contributed by atoms with Gasteiger partial charge in [0, 0.05) is 0 Å². The van der Waals surface area contributed by atoms with Gasteiger partial charge >= 0.3 is 5.97 Å². The highest BCUT2D eigenvalue weighted by molar-refractivity contribution is 5.89. The van der Waals surface area contributed by atoms with Crippen molar-refractivity contribution in [2.24, 2.45) is 0 Å². The van der Waals surface area contributed by atoms with Crippen molar-refractivity contribution in [3.8, 4) is 0 Å². The van der Waals surface area contributed by atoms with E-state index in [1.54, 1.807) is 19.1 Å². The van der Waals surface area contributed by atoms with Crippen molar-refractivity contribution in [1.82, 2.24) is 5.32 Å². The molecule has 0 spiro atoms. The van der Waals surface area contributed by atoms with Crippen molar-refractivity contribution in [3.05, 3.63) is 58.8 Å². The van der Waals surface area contributed by atoms with E-state index in [1.165, 1.54) is 18.2 Å². The zero-order chi connectivity index (χ0) is 18.7. The largest absolute Gasteiger partial charge is 0.478 e. The average molecular weight is 359 g/mol. The van der Waals surface area contributed by atoms with Gasteiger partial charge in [-0.15, -0.1) is 0 Å². The number of nitrogens with one attached hydrogen (secondary N) is 1. The second kappa shape index (κ2) is 7.32. The first-order chi connectivity index (χ1) is 12.4. The molecule has 0 bridgehead atoms. The van der Waals surface area contributed by atoms with Gasteiger partial charge in [-0.25, -0.2) is 9.18 Å². The minimum atomic E-state index is -1.06. The Kier molecular flexibility index (Phi) is 5.11. The van der Waals surface area contributed by atoms with Gasteiger partial charge in [-0.1, -0.05) is 31.4 Å². The maximum Gasteiger partial charge on any atom is 0.339 e. The molecular weight excluding hydrogens is 337 g/mol. The van der Waals surface area contributed by atoms with Crippen LogP contribution in [0.4, 0.5) is 4.39 Å². The first-order valence-corrected chi connectivity index (χ1v) is 8.79. The van der Waals surface area contributed by atoms with E-state index >= 15 is 0 Å². The van der Waals surface area contributed by atoms with Crippen molar-refractivity contribution in [2.75, 3.05) is 0 Å². The van der Waals surface area contributed by atoms with Gasteiger partial charge in [-0.2, -0.15) is 0 Å². The SMILES string of the molecule is Cc1oc(CNC(=O)C2(c3cccc(F)c3)CCCCC2)cc1C(=O)O. The third-order valence-electron chi connectivity index (χ3n) is 5.14. The van der Waals surface area contributed by atoms with Crippen LogP contribution in [0.1, 0.15) is 59.5 Å². The number of halogens is 1. The number of hydrogen-bond acceptors (Lipinski definition) is 3. The number of benzene rings is 1. The lowest BCUT2D eigenvalue weighted by Crippen LogP contribution is -2.45. The molecule has 1 fully saturated rings. The van der Waals surface area contributed by atoms with Crippen LogP contribution in [0.2, 0.25) is 0 Å². The smallest absolute Gasteiger partial charge is 0.339 e. The fourth-order valence-electron chi connectivity index (χ4n) is 3.77. The lowest BCUT2D eigenvalue weighted by atomic mass is 9.68. The second-order valence-corrected chi connectivity index (χ2v) is 6.82. The van der Waals surface area contributed by atoms with Crippen LogP contribution in [0.3, 0.4) is 0 Å². The molecule has 0 radical (unpaired) electrons. The summed E-state index contributed by atoms with van der Waals surface area (Å²) in [5, 5.41) is 12.0. The molecule has 1 heterocycles. The van der Waals surface area contributed by atoms with Crippen LogP contribution in [-0.4, -0.2) is 17.0 Å². The predicted octanol–water partition coefficient (Wildman–Crippen LogP) is 3.94. The molecule has 5 nitrogen and oxygen atoms in total. The summed E-state index contributed by atoms with van der Waals surface area (Å²) >= 11 is 0. The summed E-state index contributed by atoms with van der Waals surface area (Å²) in [6, 6.07) is 7.66. The molecule has 2 aromatic rings. The molecule has 1 amide bonds. The molecule has 1 aliphatic rings. The Bertz CT molecular complexity index is 821. The van der Waals surface area contributed by atoms with Crippen LogP contribution < -0.4 is 5.32 Å². The summed E-state index contributed by atoms with van der Waals surface area (Å²) in [6.07, 6.45) is 4.21. The summed E-state index contributed by atoms with van der Waals surface area (Å²) in [4.78, 5) is 24.1. The topological polar surface area (TPSA) is 79.5 Å². The van der Waals surface area contributed by atoms with Crippen molar-refractivity contribution < 1.29 is 23.5 Å². The van der Waals surface area contributed by atoms with Crippen LogP contribution in [0.25, 0.3) is 0 Å². The van der Waals surface area contributed by atoms with E-state index < -0.39 is 11.4 Å². The normalized spacial score (nSPS) is 16.2. The Morgan fingerprint density at radius 3 is 2.58 bits per heavy atom. The van der Waals surface area contributed by atoms with Crippen LogP contribution in [-0.2, 0) is 16.8 Å². The first-order valence-electron chi connectivity index (χ1n) is 8.79. The van der Waals surface area contributed by atoms with Crippen molar-refractivity contribution >= 4 is 11.9 Å². The van der Waals surface area contributed by atoms with E-state index in [0.29, 0.717) is 29.9 Å². The number of rotatable bonds is 5. The molecule has 6 heteroatoms. The number of aromatic carboxylic acids is 1. The lowest BCUT2D eigenvalue weighted by molar-refractivity contribution is -0.128. The van der Waals surface area contributed by atoms with E-state index in [-0.39, 0.29) is 23.8 Å². The standard InChI is InChI=1S/C20H22FNO4/c1-13-17(18(23)24)11-16(26-13)12-22-19(25)20(8-3-2-4-9-20)14-6-5-7-15(21)10-14/h5-7,10-11H,2-4,8-9,12H2,1H3,(H,22,25)(H,23,24). The molecule has 1 aromatic heterocycles. The monoisotopic (exact) mass is 359 g/mol. The highest BCUT2D eigenvalue weighted by atomic mass is 19.1. The van der Waals surface area contributed by atoms with Gasteiger partial charge in [0.1, 0.15) is 22.9 Å². The van der Waals surface area contributed by atoms with Gasteiger partial charge in [-0.05, 0) is 43.5 Å². The maximum atomic E-state index is 13.7. The maximum absolute atomic E-state index is 13.7. The minimum absolute atomic E-state index is 0.0896.